The van der Waals surface area contributed by atoms with Crippen LogP contribution in [0, 0.1) is 29.6 Å². The van der Waals surface area contributed by atoms with Gasteiger partial charge in [0.05, 0.1) is 0 Å². The van der Waals surface area contributed by atoms with E-state index < -0.39 is 0 Å². The molecule has 2 aromatic carbocycles. The number of hydrogen-bond donors (Lipinski definition) is 2. The van der Waals surface area contributed by atoms with E-state index in [0.29, 0.717) is 6.04 Å². The highest BCUT2D eigenvalue weighted by atomic mass is 32.1. The molecule has 2 aliphatic heterocycles. The van der Waals surface area contributed by atoms with Gasteiger partial charge in [0.15, 0.2) is 0 Å². The molecule has 45 heavy (non-hydrogen) atoms. The summed E-state index contributed by atoms with van der Waals surface area (Å²) in [5.74, 6) is 4.54. The van der Waals surface area contributed by atoms with Crippen LogP contribution in [0.25, 0.3) is 22.2 Å². The van der Waals surface area contributed by atoms with Gasteiger partial charge in [0, 0.05) is 35.7 Å². The van der Waals surface area contributed by atoms with E-state index in [2.05, 4.69) is 119 Å². The first-order chi connectivity index (χ1) is 22.2. The number of nitrogens with two attached hydrogens (primary N) is 1. The number of thiophene rings is 1. The highest BCUT2D eigenvalue weighted by Gasteiger charge is 2.36. The van der Waals surface area contributed by atoms with Gasteiger partial charge < -0.3 is 10.7 Å². The van der Waals surface area contributed by atoms with Crippen molar-refractivity contribution in [3.05, 3.63) is 107 Å². The zero-order valence-electron chi connectivity index (χ0n) is 27.4. The Labute approximate surface area is 275 Å². The van der Waals surface area contributed by atoms with Crippen LogP contribution >= 0.6 is 11.3 Å². The smallest absolute Gasteiger partial charge is 0.0497 e. The Kier molecular flexibility index (Phi) is 11.1. The number of piperidine rings is 1. The minimum Gasteiger partial charge on any atom is -0.354 e. The van der Waals surface area contributed by atoms with Gasteiger partial charge >= 0.3 is 0 Å². The number of para-hydroxylation sites is 1. The normalized spacial score (nSPS) is 26.4. The quantitative estimate of drug-likeness (QED) is 0.193. The lowest BCUT2D eigenvalue weighted by molar-refractivity contribution is 0.0826. The molecule has 6 unspecified atom stereocenters. The van der Waals surface area contributed by atoms with E-state index >= 15 is 0 Å². The Balaban J connectivity index is 0.000000161. The minimum atomic E-state index is 0.644. The van der Waals surface area contributed by atoms with E-state index in [4.69, 9.17) is 5.73 Å². The highest BCUT2D eigenvalue weighted by molar-refractivity contribution is 7.07. The zero-order valence-corrected chi connectivity index (χ0v) is 28.2. The molecule has 0 spiro atoms. The number of fused-ring (bicyclic) bond motifs is 5. The van der Waals surface area contributed by atoms with Crippen LogP contribution in [0.2, 0.25) is 0 Å². The van der Waals surface area contributed by atoms with Gasteiger partial charge in [-0.15, -0.1) is 0 Å². The van der Waals surface area contributed by atoms with Gasteiger partial charge in [-0.1, -0.05) is 99.5 Å². The molecule has 6 atom stereocenters. The van der Waals surface area contributed by atoms with Gasteiger partial charge in [-0.25, -0.2) is 0 Å². The van der Waals surface area contributed by atoms with Crippen LogP contribution in [0.1, 0.15) is 63.5 Å². The Bertz CT molecular complexity index is 1520. The van der Waals surface area contributed by atoms with Gasteiger partial charge in [-0.05, 0) is 114 Å². The summed E-state index contributed by atoms with van der Waals surface area (Å²) >= 11 is 1.72. The average Bonchev–Trinajstić information content (AvgIpc) is 3.77. The fourth-order valence-corrected chi connectivity index (χ4v) is 9.05. The van der Waals surface area contributed by atoms with Gasteiger partial charge in [0.2, 0.25) is 0 Å². The molecule has 2 aromatic heterocycles. The van der Waals surface area contributed by atoms with E-state index in [9.17, 15) is 0 Å². The SMILES string of the molecule is CCC1CC2C=CC1CC2.CCC1CC2C=CC1N(CCc1c(-c3ccccc3)[nH]c3ccccc13)C2.NCCc1ccsc1. The summed E-state index contributed by atoms with van der Waals surface area (Å²) in [5, 5.41) is 5.58. The maximum atomic E-state index is 5.32. The lowest BCUT2D eigenvalue weighted by Gasteiger charge is -2.46. The molecule has 6 aliphatic rings. The van der Waals surface area contributed by atoms with Crippen molar-refractivity contribution >= 4 is 22.2 Å². The Morgan fingerprint density at radius 1 is 0.822 bits per heavy atom. The van der Waals surface area contributed by atoms with Crippen molar-refractivity contribution in [2.75, 3.05) is 19.6 Å². The number of aromatic amines is 1. The molecule has 0 radical (unpaired) electrons. The van der Waals surface area contributed by atoms with Crippen molar-refractivity contribution in [2.45, 2.75) is 71.3 Å². The summed E-state index contributed by atoms with van der Waals surface area (Å²) in [7, 11) is 0. The largest absolute Gasteiger partial charge is 0.354 e. The number of nitrogens with one attached hydrogen (secondary N) is 1. The molecular formula is C41H53N3S. The van der Waals surface area contributed by atoms with E-state index in [-0.39, 0.29) is 0 Å². The third kappa shape index (κ3) is 7.73. The van der Waals surface area contributed by atoms with Crippen LogP contribution < -0.4 is 5.73 Å². The van der Waals surface area contributed by atoms with Crippen molar-refractivity contribution in [1.29, 1.82) is 0 Å². The summed E-state index contributed by atoms with van der Waals surface area (Å²) in [5.41, 5.74) is 12.0. The minimum absolute atomic E-state index is 0.644. The molecule has 10 rings (SSSR count). The number of allylic oxidation sites excluding steroid dienone is 2. The van der Waals surface area contributed by atoms with E-state index in [1.165, 1.54) is 78.4 Å². The lowest BCUT2D eigenvalue weighted by atomic mass is 9.68. The molecule has 4 aromatic rings. The Hall–Kier alpha value is -2.92. The molecule has 4 heteroatoms. The third-order valence-corrected chi connectivity index (χ3v) is 11.6. The van der Waals surface area contributed by atoms with Gasteiger partial charge in [-0.3, -0.25) is 4.90 Å². The number of nitrogens with zero attached hydrogens (tertiary/aromatic N) is 1. The number of aromatic nitrogens is 1. The first-order valence-corrected chi connectivity index (χ1v) is 18.6. The molecule has 3 N–H and O–H groups in total. The molecule has 0 amide bonds. The third-order valence-electron chi connectivity index (χ3n) is 10.9. The van der Waals surface area contributed by atoms with Crippen molar-refractivity contribution in [3.8, 4) is 11.3 Å². The van der Waals surface area contributed by atoms with Crippen LogP contribution in [0.5, 0.6) is 0 Å². The van der Waals surface area contributed by atoms with Crippen LogP contribution in [0.3, 0.4) is 0 Å². The van der Waals surface area contributed by atoms with E-state index in [1.54, 1.807) is 11.3 Å². The summed E-state index contributed by atoms with van der Waals surface area (Å²) < 4.78 is 0. The highest BCUT2D eigenvalue weighted by Crippen LogP contribution is 2.41. The molecule has 1 saturated carbocycles. The molecule has 4 aliphatic carbocycles. The average molecular weight is 620 g/mol. The van der Waals surface area contributed by atoms with Crippen LogP contribution in [-0.2, 0) is 12.8 Å². The van der Waals surface area contributed by atoms with Crippen molar-refractivity contribution < 1.29 is 0 Å². The van der Waals surface area contributed by atoms with Crippen molar-refractivity contribution in [1.82, 2.24) is 9.88 Å². The van der Waals surface area contributed by atoms with E-state index in [1.807, 2.05) is 0 Å². The molecule has 4 bridgehead atoms. The second-order valence-electron chi connectivity index (χ2n) is 13.6. The van der Waals surface area contributed by atoms with Gasteiger partial charge in [-0.2, -0.15) is 11.3 Å². The monoisotopic (exact) mass is 619 g/mol. The van der Waals surface area contributed by atoms with Gasteiger partial charge in [0.25, 0.3) is 0 Å². The summed E-state index contributed by atoms with van der Waals surface area (Å²) in [6, 6.07) is 22.3. The van der Waals surface area contributed by atoms with Crippen LogP contribution in [0.15, 0.2) is 95.7 Å². The van der Waals surface area contributed by atoms with E-state index in [0.717, 1.165) is 55.5 Å². The Morgan fingerprint density at radius 2 is 1.60 bits per heavy atom. The predicted molar refractivity (Wildman–Crippen MR) is 195 cm³/mol. The number of hydrogen-bond acceptors (Lipinski definition) is 3. The molecule has 2 fully saturated rings. The standard InChI is InChI=1S/C25H28N2.C10H16.C6H9NS/c1-2-19-16-18-12-13-24(19)27(17-18)15-14-22-21-10-6-7-11-23(21)26-25(22)20-8-4-3-5-9-20;1-2-9-7-8-3-5-10(9)6-4-8;7-3-1-6-2-4-8-5-6/h3-13,18-19,24,26H,2,14-17H2,1H3;3,5,8-10H,2,4,6-7H2,1H3;2,4-5H,1,3,7H2. The summed E-state index contributed by atoms with van der Waals surface area (Å²) in [4.78, 5) is 6.42. The summed E-state index contributed by atoms with van der Waals surface area (Å²) in [6.07, 6.45) is 20.5. The summed E-state index contributed by atoms with van der Waals surface area (Å²) in [6.45, 7) is 7.82. The fraction of sp³-hybridized carbons (Fsp3) is 0.463. The molecule has 3 nitrogen and oxygen atoms in total. The molecule has 238 valence electrons. The number of H-pyrrole nitrogens is 1. The van der Waals surface area contributed by atoms with Crippen molar-refractivity contribution in [3.63, 3.8) is 0 Å². The second kappa shape index (κ2) is 15.6. The van der Waals surface area contributed by atoms with Crippen molar-refractivity contribution in [2.24, 2.45) is 35.3 Å². The lowest BCUT2D eigenvalue weighted by Crippen LogP contribution is -2.50. The second-order valence-corrected chi connectivity index (χ2v) is 14.4. The number of benzene rings is 2. The number of rotatable bonds is 8. The zero-order chi connectivity index (χ0) is 31.0. The molecular weight excluding hydrogens is 567 g/mol. The fourth-order valence-electron chi connectivity index (χ4n) is 8.35. The first kappa shape index (κ1) is 32.0. The molecule has 4 heterocycles. The van der Waals surface area contributed by atoms with Gasteiger partial charge in [0.1, 0.15) is 0 Å². The maximum absolute atomic E-state index is 5.32. The topological polar surface area (TPSA) is 45.0 Å². The van der Waals surface area contributed by atoms with Crippen LogP contribution in [0.4, 0.5) is 0 Å². The predicted octanol–water partition coefficient (Wildman–Crippen LogP) is 9.91. The molecule has 1 saturated heterocycles. The Morgan fingerprint density at radius 3 is 2.24 bits per heavy atom. The van der Waals surface area contributed by atoms with Crippen LogP contribution in [-0.4, -0.2) is 35.6 Å². The maximum Gasteiger partial charge on any atom is 0.0497 e. The first-order valence-electron chi connectivity index (χ1n) is 17.6.